The predicted octanol–water partition coefficient (Wildman–Crippen LogP) is -0.0632. The zero-order valence-electron chi connectivity index (χ0n) is 5.51. The summed E-state index contributed by atoms with van der Waals surface area (Å²) in [5.74, 6) is 0.439. The van der Waals surface area contributed by atoms with Crippen LogP contribution in [0.1, 0.15) is 10.5 Å². The van der Waals surface area contributed by atoms with Crippen LogP contribution >= 0.6 is 0 Å². The van der Waals surface area contributed by atoms with Crippen molar-refractivity contribution >= 4 is 12.1 Å². The van der Waals surface area contributed by atoms with Gasteiger partial charge in [-0.2, -0.15) is 5.10 Å². The SMILES string of the molecule is O=Cc1cnn2ccnc2n1. The van der Waals surface area contributed by atoms with Gasteiger partial charge in [-0.15, -0.1) is 0 Å². The Morgan fingerprint density at radius 2 is 2.45 bits per heavy atom. The number of carbonyl (C=O) groups excluding carboxylic acids is 1. The molecule has 5 nitrogen and oxygen atoms in total. The maximum atomic E-state index is 10.2. The molecule has 0 N–H and O–H groups in total. The third kappa shape index (κ3) is 0.861. The lowest BCUT2D eigenvalue weighted by Gasteiger charge is -1.89. The summed E-state index contributed by atoms with van der Waals surface area (Å²) in [4.78, 5) is 18.0. The number of hydrogen-bond acceptors (Lipinski definition) is 4. The molecule has 0 spiro atoms. The summed E-state index contributed by atoms with van der Waals surface area (Å²) in [5, 5.41) is 3.87. The van der Waals surface area contributed by atoms with E-state index >= 15 is 0 Å². The van der Waals surface area contributed by atoms with Gasteiger partial charge in [0.15, 0.2) is 6.29 Å². The number of fused-ring (bicyclic) bond motifs is 1. The fraction of sp³-hybridized carbons (Fsp3) is 0. The molecule has 0 saturated carbocycles. The molecule has 2 rings (SSSR count). The van der Waals surface area contributed by atoms with Crippen molar-refractivity contribution in [2.45, 2.75) is 0 Å². The number of hydrogen-bond donors (Lipinski definition) is 0. The molecule has 0 amide bonds. The van der Waals surface area contributed by atoms with E-state index in [9.17, 15) is 4.79 Å². The Morgan fingerprint density at radius 1 is 1.55 bits per heavy atom. The van der Waals surface area contributed by atoms with Gasteiger partial charge >= 0.3 is 0 Å². The second kappa shape index (κ2) is 2.12. The van der Waals surface area contributed by atoms with Gasteiger partial charge in [-0.05, 0) is 0 Å². The number of rotatable bonds is 1. The highest BCUT2D eigenvalue weighted by Crippen LogP contribution is 1.93. The van der Waals surface area contributed by atoms with Crippen LogP contribution in [-0.4, -0.2) is 25.9 Å². The quantitative estimate of drug-likeness (QED) is 0.531. The molecule has 0 aliphatic carbocycles. The first kappa shape index (κ1) is 5.96. The van der Waals surface area contributed by atoms with Gasteiger partial charge in [0.25, 0.3) is 5.78 Å². The van der Waals surface area contributed by atoms with E-state index in [1.807, 2.05) is 0 Å². The highest BCUT2D eigenvalue weighted by atomic mass is 16.1. The van der Waals surface area contributed by atoms with Crippen molar-refractivity contribution in [2.24, 2.45) is 0 Å². The third-order valence-electron chi connectivity index (χ3n) is 1.27. The topological polar surface area (TPSA) is 60.2 Å². The minimum Gasteiger partial charge on any atom is -0.296 e. The van der Waals surface area contributed by atoms with E-state index in [4.69, 9.17) is 0 Å². The molecule has 0 saturated heterocycles. The van der Waals surface area contributed by atoms with Gasteiger partial charge in [-0.25, -0.2) is 14.5 Å². The van der Waals surface area contributed by atoms with E-state index in [-0.39, 0.29) is 0 Å². The van der Waals surface area contributed by atoms with E-state index in [1.54, 1.807) is 12.4 Å². The van der Waals surface area contributed by atoms with E-state index < -0.39 is 0 Å². The minimum atomic E-state index is 0.295. The average molecular weight is 148 g/mol. The zero-order chi connectivity index (χ0) is 7.68. The number of aromatic nitrogens is 4. The summed E-state index contributed by atoms with van der Waals surface area (Å²) >= 11 is 0. The van der Waals surface area contributed by atoms with Crippen molar-refractivity contribution in [1.29, 1.82) is 0 Å². The minimum absolute atomic E-state index is 0.295. The van der Waals surface area contributed by atoms with Crippen LogP contribution in [0.4, 0.5) is 0 Å². The Morgan fingerprint density at radius 3 is 3.27 bits per heavy atom. The Kier molecular flexibility index (Phi) is 1.15. The maximum absolute atomic E-state index is 10.2. The molecule has 0 aliphatic heterocycles. The van der Waals surface area contributed by atoms with E-state index in [0.717, 1.165) is 0 Å². The van der Waals surface area contributed by atoms with Crippen molar-refractivity contribution < 1.29 is 4.79 Å². The second-order valence-corrected chi connectivity index (χ2v) is 1.97. The number of carbonyl (C=O) groups is 1. The summed E-state index contributed by atoms with van der Waals surface area (Å²) in [6.07, 6.45) is 5.27. The van der Waals surface area contributed by atoms with Crippen LogP contribution in [-0.2, 0) is 0 Å². The molecule has 54 valence electrons. The number of nitrogens with zero attached hydrogens (tertiary/aromatic N) is 4. The highest BCUT2D eigenvalue weighted by Gasteiger charge is 1.96. The van der Waals surface area contributed by atoms with E-state index in [0.29, 0.717) is 17.8 Å². The number of imidazole rings is 1. The van der Waals surface area contributed by atoms with Gasteiger partial charge < -0.3 is 0 Å². The van der Waals surface area contributed by atoms with Crippen molar-refractivity contribution in [3.8, 4) is 0 Å². The molecule has 0 fully saturated rings. The molecule has 2 aromatic rings. The van der Waals surface area contributed by atoms with Gasteiger partial charge in [-0.3, -0.25) is 4.79 Å². The maximum Gasteiger partial charge on any atom is 0.251 e. The molecule has 0 unspecified atom stereocenters. The first-order chi connectivity index (χ1) is 5.40. The number of aldehydes is 1. The largest absolute Gasteiger partial charge is 0.296 e. The summed E-state index contributed by atoms with van der Waals surface area (Å²) < 4.78 is 1.49. The summed E-state index contributed by atoms with van der Waals surface area (Å²) in [6.45, 7) is 0. The Balaban J connectivity index is 2.76. The smallest absolute Gasteiger partial charge is 0.251 e. The molecular weight excluding hydrogens is 144 g/mol. The van der Waals surface area contributed by atoms with Crippen molar-refractivity contribution in [1.82, 2.24) is 19.6 Å². The molecule has 5 heteroatoms. The molecule has 11 heavy (non-hydrogen) atoms. The fourth-order valence-corrected chi connectivity index (χ4v) is 0.782. The Bertz CT molecular complexity index is 394. The molecule has 2 heterocycles. The van der Waals surface area contributed by atoms with Crippen LogP contribution in [0, 0.1) is 0 Å². The van der Waals surface area contributed by atoms with Gasteiger partial charge in [0, 0.05) is 6.20 Å². The lowest BCUT2D eigenvalue weighted by molar-refractivity contribution is 0.111. The Labute approximate surface area is 61.7 Å². The van der Waals surface area contributed by atoms with E-state index in [2.05, 4.69) is 15.1 Å². The van der Waals surface area contributed by atoms with Crippen LogP contribution in [0.25, 0.3) is 5.78 Å². The van der Waals surface area contributed by atoms with Crippen molar-refractivity contribution in [3.63, 3.8) is 0 Å². The van der Waals surface area contributed by atoms with Crippen LogP contribution in [0.15, 0.2) is 18.6 Å². The van der Waals surface area contributed by atoms with Gasteiger partial charge in [-0.1, -0.05) is 0 Å². The standard InChI is InChI=1S/C6H4N4O/c11-4-5-3-8-10-2-1-7-6(10)9-5/h1-4H. The van der Waals surface area contributed by atoms with Crippen molar-refractivity contribution in [2.75, 3.05) is 0 Å². The van der Waals surface area contributed by atoms with Crippen LogP contribution in [0.3, 0.4) is 0 Å². The molecule has 0 aromatic carbocycles. The zero-order valence-corrected chi connectivity index (χ0v) is 5.51. The lowest BCUT2D eigenvalue weighted by Crippen LogP contribution is -1.96. The molecule has 2 aromatic heterocycles. The molecular formula is C6H4N4O. The van der Waals surface area contributed by atoms with Crippen LogP contribution in [0.5, 0.6) is 0 Å². The monoisotopic (exact) mass is 148 g/mol. The van der Waals surface area contributed by atoms with Crippen molar-refractivity contribution in [3.05, 3.63) is 24.3 Å². The van der Waals surface area contributed by atoms with Gasteiger partial charge in [0.2, 0.25) is 0 Å². The summed E-state index contributed by atoms with van der Waals surface area (Å²) in [5.41, 5.74) is 0.295. The molecule has 0 radical (unpaired) electrons. The summed E-state index contributed by atoms with van der Waals surface area (Å²) in [6, 6.07) is 0. The first-order valence-electron chi connectivity index (χ1n) is 3.02. The van der Waals surface area contributed by atoms with Crippen LogP contribution < -0.4 is 0 Å². The molecule has 0 atom stereocenters. The lowest BCUT2D eigenvalue weighted by atomic mass is 10.5. The van der Waals surface area contributed by atoms with Gasteiger partial charge in [0.05, 0.1) is 12.4 Å². The van der Waals surface area contributed by atoms with Crippen LogP contribution in [0.2, 0.25) is 0 Å². The third-order valence-corrected chi connectivity index (χ3v) is 1.27. The molecule has 0 aliphatic rings. The molecule has 0 bridgehead atoms. The second-order valence-electron chi connectivity index (χ2n) is 1.97. The Hall–Kier alpha value is -1.78. The average Bonchev–Trinajstić information content (AvgIpc) is 2.50. The highest BCUT2D eigenvalue weighted by molar-refractivity contribution is 5.71. The predicted molar refractivity (Wildman–Crippen MR) is 36.2 cm³/mol. The normalized spacial score (nSPS) is 10.2. The van der Waals surface area contributed by atoms with E-state index in [1.165, 1.54) is 10.7 Å². The van der Waals surface area contributed by atoms with Gasteiger partial charge in [0.1, 0.15) is 5.69 Å². The first-order valence-corrected chi connectivity index (χ1v) is 3.02. The summed E-state index contributed by atoms with van der Waals surface area (Å²) in [7, 11) is 0. The fourth-order valence-electron chi connectivity index (χ4n) is 0.782.